The highest BCUT2D eigenvalue weighted by Gasteiger charge is 2.26. The number of aryl methyl sites for hydroxylation is 1. The van der Waals surface area contributed by atoms with Crippen molar-refractivity contribution in [3.05, 3.63) is 34.9 Å². The smallest absolute Gasteiger partial charge is 0.0966 e. The van der Waals surface area contributed by atoms with Crippen LogP contribution >= 0.6 is 0 Å². The molecule has 96 valence electrons. The van der Waals surface area contributed by atoms with Gasteiger partial charge in [-0.25, -0.2) is 0 Å². The van der Waals surface area contributed by atoms with Crippen LogP contribution < -0.4 is 5.73 Å². The number of hydrogen-bond donors (Lipinski definition) is 2. The Morgan fingerprint density at radius 1 is 1.12 bits per heavy atom. The standard InChI is InChI=1S/C15H25NO/c1-10-9-11(14(2,3)4)7-8-12(10)13(17)15(5,6)16/h7-9,13,17H,16H2,1-6H3. The molecule has 0 bridgehead atoms. The summed E-state index contributed by atoms with van der Waals surface area (Å²) in [7, 11) is 0. The van der Waals surface area contributed by atoms with Crippen LogP contribution in [0.1, 0.15) is 57.4 Å². The lowest BCUT2D eigenvalue weighted by molar-refractivity contribution is 0.104. The normalized spacial score (nSPS) is 14.8. The average Bonchev–Trinajstić information content (AvgIpc) is 2.13. The summed E-state index contributed by atoms with van der Waals surface area (Å²) in [5.74, 6) is 0. The van der Waals surface area contributed by atoms with Crippen molar-refractivity contribution in [3.8, 4) is 0 Å². The fourth-order valence-electron chi connectivity index (χ4n) is 1.85. The summed E-state index contributed by atoms with van der Waals surface area (Å²) in [4.78, 5) is 0. The van der Waals surface area contributed by atoms with Crippen molar-refractivity contribution in [1.82, 2.24) is 0 Å². The largest absolute Gasteiger partial charge is 0.386 e. The maximum atomic E-state index is 10.2. The Labute approximate surface area is 105 Å². The van der Waals surface area contributed by atoms with Crippen LogP contribution in [0, 0.1) is 6.92 Å². The van der Waals surface area contributed by atoms with Gasteiger partial charge in [0.05, 0.1) is 6.10 Å². The van der Waals surface area contributed by atoms with Gasteiger partial charge >= 0.3 is 0 Å². The van der Waals surface area contributed by atoms with E-state index in [0.717, 1.165) is 11.1 Å². The third-order valence-corrected chi connectivity index (χ3v) is 3.14. The molecule has 1 rings (SSSR count). The second-order valence-electron chi connectivity index (χ2n) is 6.55. The Morgan fingerprint density at radius 2 is 1.65 bits per heavy atom. The Morgan fingerprint density at radius 3 is 2.00 bits per heavy atom. The molecule has 1 aromatic rings. The van der Waals surface area contributed by atoms with Gasteiger partial charge in [-0.2, -0.15) is 0 Å². The van der Waals surface area contributed by atoms with Gasteiger partial charge in [-0.1, -0.05) is 39.0 Å². The molecular weight excluding hydrogens is 210 g/mol. The van der Waals surface area contributed by atoms with Crippen LogP contribution in [0.25, 0.3) is 0 Å². The van der Waals surface area contributed by atoms with Crippen molar-refractivity contribution in [2.75, 3.05) is 0 Å². The zero-order valence-electron chi connectivity index (χ0n) is 11.8. The second kappa shape index (κ2) is 4.43. The Bertz CT molecular complexity index is 396. The lowest BCUT2D eigenvalue weighted by atomic mass is 9.83. The molecule has 2 nitrogen and oxygen atoms in total. The number of aliphatic hydroxyl groups excluding tert-OH is 1. The molecule has 0 aliphatic carbocycles. The van der Waals surface area contributed by atoms with Gasteiger partial charge < -0.3 is 10.8 Å². The molecule has 0 amide bonds. The minimum absolute atomic E-state index is 0.131. The van der Waals surface area contributed by atoms with E-state index in [-0.39, 0.29) is 5.41 Å². The molecule has 0 spiro atoms. The van der Waals surface area contributed by atoms with Crippen LogP contribution in [0.2, 0.25) is 0 Å². The minimum Gasteiger partial charge on any atom is -0.386 e. The number of aliphatic hydroxyl groups is 1. The summed E-state index contributed by atoms with van der Waals surface area (Å²) in [6.07, 6.45) is -0.628. The van der Waals surface area contributed by atoms with E-state index in [1.54, 1.807) is 0 Å². The minimum atomic E-state index is -0.628. The molecule has 2 heteroatoms. The molecule has 0 saturated carbocycles. The maximum absolute atomic E-state index is 10.2. The summed E-state index contributed by atoms with van der Waals surface area (Å²) < 4.78 is 0. The molecule has 1 atom stereocenters. The third kappa shape index (κ3) is 3.30. The summed E-state index contributed by atoms with van der Waals surface area (Å²) in [6, 6.07) is 6.22. The summed E-state index contributed by atoms with van der Waals surface area (Å²) in [6.45, 7) is 12.3. The van der Waals surface area contributed by atoms with E-state index in [0.29, 0.717) is 0 Å². The Kier molecular flexibility index (Phi) is 3.70. The van der Waals surface area contributed by atoms with Gasteiger partial charge in [-0.05, 0) is 42.9 Å². The SMILES string of the molecule is Cc1cc(C(C)(C)C)ccc1C(O)C(C)(C)N. The summed E-state index contributed by atoms with van der Waals surface area (Å²) >= 11 is 0. The molecule has 1 unspecified atom stereocenters. The third-order valence-electron chi connectivity index (χ3n) is 3.14. The zero-order valence-corrected chi connectivity index (χ0v) is 11.8. The van der Waals surface area contributed by atoms with Crippen molar-refractivity contribution in [2.45, 2.75) is 58.6 Å². The number of nitrogens with two attached hydrogens (primary N) is 1. The van der Waals surface area contributed by atoms with E-state index in [1.807, 2.05) is 26.8 Å². The first-order valence-corrected chi connectivity index (χ1v) is 6.11. The van der Waals surface area contributed by atoms with E-state index in [9.17, 15) is 5.11 Å². The molecule has 0 aliphatic rings. The van der Waals surface area contributed by atoms with Crippen LogP contribution in [0.4, 0.5) is 0 Å². The summed E-state index contributed by atoms with van der Waals surface area (Å²) in [5.41, 5.74) is 8.77. The molecule has 0 heterocycles. The maximum Gasteiger partial charge on any atom is 0.0966 e. The Hall–Kier alpha value is -0.860. The highest BCUT2D eigenvalue weighted by Crippen LogP contribution is 2.30. The first-order valence-electron chi connectivity index (χ1n) is 6.11. The highest BCUT2D eigenvalue weighted by molar-refractivity contribution is 5.36. The van der Waals surface area contributed by atoms with Crippen molar-refractivity contribution in [2.24, 2.45) is 5.73 Å². The van der Waals surface area contributed by atoms with Gasteiger partial charge in [-0.3, -0.25) is 0 Å². The quantitative estimate of drug-likeness (QED) is 0.827. The van der Waals surface area contributed by atoms with E-state index in [4.69, 9.17) is 5.73 Å². The first kappa shape index (κ1) is 14.2. The van der Waals surface area contributed by atoms with Crippen LogP contribution in [0.5, 0.6) is 0 Å². The molecule has 0 fully saturated rings. The van der Waals surface area contributed by atoms with Crippen molar-refractivity contribution in [1.29, 1.82) is 0 Å². The number of rotatable bonds is 2. The van der Waals surface area contributed by atoms with Gasteiger partial charge in [-0.15, -0.1) is 0 Å². The van der Waals surface area contributed by atoms with Crippen molar-refractivity contribution >= 4 is 0 Å². The Balaban J connectivity index is 3.15. The fourth-order valence-corrected chi connectivity index (χ4v) is 1.85. The van der Waals surface area contributed by atoms with E-state index >= 15 is 0 Å². The molecule has 1 aromatic carbocycles. The van der Waals surface area contributed by atoms with Crippen LogP contribution in [-0.2, 0) is 5.41 Å². The zero-order chi connectivity index (χ0) is 13.4. The van der Waals surface area contributed by atoms with E-state index < -0.39 is 11.6 Å². The second-order valence-corrected chi connectivity index (χ2v) is 6.55. The molecule has 17 heavy (non-hydrogen) atoms. The molecule has 0 aromatic heterocycles. The predicted molar refractivity (Wildman–Crippen MR) is 73.1 cm³/mol. The molecule has 0 aliphatic heterocycles. The molecule has 0 saturated heterocycles. The van der Waals surface area contributed by atoms with E-state index in [1.165, 1.54) is 5.56 Å². The first-order chi connectivity index (χ1) is 7.53. The van der Waals surface area contributed by atoms with Gasteiger partial charge in [0.1, 0.15) is 0 Å². The fraction of sp³-hybridized carbons (Fsp3) is 0.600. The monoisotopic (exact) mass is 235 g/mol. The van der Waals surface area contributed by atoms with Gasteiger partial charge in [0.25, 0.3) is 0 Å². The van der Waals surface area contributed by atoms with Crippen LogP contribution in [-0.4, -0.2) is 10.6 Å². The van der Waals surface area contributed by atoms with Crippen LogP contribution in [0.15, 0.2) is 18.2 Å². The van der Waals surface area contributed by atoms with Gasteiger partial charge in [0.2, 0.25) is 0 Å². The lowest BCUT2D eigenvalue weighted by Crippen LogP contribution is -2.39. The van der Waals surface area contributed by atoms with Crippen molar-refractivity contribution in [3.63, 3.8) is 0 Å². The van der Waals surface area contributed by atoms with Gasteiger partial charge in [0.15, 0.2) is 0 Å². The molecule has 0 radical (unpaired) electrons. The summed E-state index contributed by atoms with van der Waals surface area (Å²) in [5, 5.41) is 10.2. The molecular formula is C15H25NO. The molecule has 3 N–H and O–H groups in total. The van der Waals surface area contributed by atoms with Gasteiger partial charge in [0, 0.05) is 5.54 Å². The topological polar surface area (TPSA) is 46.2 Å². The highest BCUT2D eigenvalue weighted by atomic mass is 16.3. The predicted octanol–water partition coefficient (Wildman–Crippen LogP) is 3.06. The van der Waals surface area contributed by atoms with Crippen molar-refractivity contribution < 1.29 is 5.11 Å². The number of hydrogen-bond acceptors (Lipinski definition) is 2. The van der Waals surface area contributed by atoms with E-state index in [2.05, 4.69) is 32.9 Å². The lowest BCUT2D eigenvalue weighted by Gasteiger charge is -2.28. The number of benzene rings is 1. The average molecular weight is 235 g/mol. The van der Waals surface area contributed by atoms with Crippen LogP contribution in [0.3, 0.4) is 0 Å².